The van der Waals surface area contributed by atoms with Crippen molar-refractivity contribution in [2.75, 3.05) is 13.7 Å². The summed E-state index contributed by atoms with van der Waals surface area (Å²) in [5.41, 5.74) is 0.451. The Bertz CT molecular complexity index is 832. The predicted octanol–water partition coefficient (Wildman–Crippen LogP) is 2.25. The van der Waals surface area contributed by atoms with Crippen molar-refractivity contribution in [2.45, 2.75) is 30.7 Å². The van der Waals surface area contributed by atoms with Crippen molar-refractivity contribution < 1.29 is 19.1 Å². The third-order valence-electron chi connectivity index (χ3n) is 3.43. The monoisotopic (exact) mass is 376 g/mol. The highest BCUT2D eigenvalue weighted by molar-refractivity contribution is 8.00. The Morgan fingerprint density at radius 3 is 2.58 bits per heavy atom. The fraction of sp³-hybridized carbons (Fsp3) is 0.333. The molecule has 0 saturated carbocycles. The van der Waals surface area contributed by atoms with Gasteiger partial charge >= 0.3 is 5.97 Å². The predicted molar refractivity (Wildman–Crippen MR) is 97.8 cm³/mol. The molecule has 0 spiro atoms. The third-order valence-corrected chi connectivity index (χ3v) is 4.42. The highest BCUT2D eigenvalue weighted by Gasteiger charge is 2.18. The van der Waals surface area contributed by atoms with Gasteiger partial charge in [-0.25, -0.2) is 4.98 Å². The smallest absolute Gasteiger partial charge is 0.311 e. The van der Waals surface area contributed by atoms with Gasteiger partial charge in [0.15, 0.2) is 10.9 Å². The van der Waals surface area contributed by atoms with Crippen LogP contribution in [0, 0.1) is 0 Å². The highest BCUT2D eigenvalue weighted by atomic mass is 32.2. The lowest BCUT2D eigenvalue weighted by Crippen LogP contribution is -2.17. The zero-order chi connectivity index (χ0) is 19.1. The van der Waals surface area contributed by atoms with Crippen molar-refractivity contribution in [2.24, 2.45) is 0 Å². The Morgan fingerprint density at radius 1 is 1.27 bits per heavy atom. The molecular formula is C18H20N2O5S. The summed E-state index contributed by atoms with van der Waals surface area (Å²) in [6, 6.07) is 8.12. The molecule has 138 valence electrons. The molecule has 2 aromatic rings. The van der Waals surface area contributed by atoms with Crippen LogP contribution in [0.15, 0.2) is 40.3 Å². The molecule has 7 nitrogen and oxygen atoms in total. The number of methoxy groups -OCH3 is 1. The first kappa shape index (κ1) is 19.7. The van der Waals surface area contributed by atoms with Crippen LogP contribution in [-0.2, 0) is 16.0 Å². The summed E-state index contributed by atoms with van der Waals surface area (Å²) in [6.07, 6.45) is -0.102. The second-order valence-electron chi connectivity index (χ2n) is 5.38. The maximum Gasteiger partial charge on any atom is 0.311 e. The molecule has 1 heterocycles. The summed E-state index contributed by atoms with van der Waals surface area (Å²) < 4.78 is 9.94. The number of hydrogen-bond acceptors (Lipinski definition) is 7. The van der Waals surface area contributed by atoms with Gasteiger partial charge in [0.25, 0.3) is 5.56 Å². The summed E-state index contributed by atoms with van der Waals surface area (Å²) in [4.78, 5) is 42.4. The number of nitrogens with one attached hydrogen (secondary N) is 1. The van der Waals surface area contributed by atoms with E-state index in [1.165, 1.54) is 13.2 Å². The van der Waals surface area contributed by atoms with Crippen molar-refractivity contribution in [3.8, 4) is 5.75 Å². The highest BCUT2D eigenvalue weighted by Crippen LogP contribution is 2.23. The number of H-pyrrole nitrogens is 1. The molecule has 26 heavy (non-hydrogen) atoms. The SMILES string of the molecule is CCOc1ccc(C(=O)[C@H](C)Sc2nc(CC(=O)OC)cc(=O)[nH]2)cc1. The van der Waals surface area contributed by atoms with E-state index in [-0.39, 0.29) is 22.9 Å². The van der Waals surface area contributed by atoms with Gasteiger partial charge in [-0.1, -0.05) is 11.8 Å². The second-order valence-corrected chi connectivity index (χ2v) is 6.71. The zero-order valence-corrected chi connectivity index (χ0v) is 15.6. The summed E-state index contributed by atoms with van der Waals surface area (Å²) >= 11 is 1.12. The molecule has 0 bridgehead atoms. The van der Waals surface area contributed by atoms with E-state index in [1.807, 2.05) is 6.92 Å². The molecule has 1 aromatic heterocycles. The average molecular weight is 376 g/mol. The van der Waals surface area contributed by atoms with Gasteiger partial charge in [-0.15, -0.1) is 0 Å². The van der Waals surface area contributed by atoms with Gasteiger partial charge in [0.2, 0.25) is 0 Å². The lowest BCUT2D eigenvalue weighted by atomic mass is 10.1. The fourth-order valence-electron chi connectivity index (χ4n) is 2.19. The Labute approximate surface area is 155 Å². The van der Waals surface area contributed by atoms with E-state index in [0.717, 1.165) is 11.8 Å². The van der Waals surface area contributed by atoms with Crippen LogP contribution < -0.4 is 10.3 Å². The minimum absolute atomic E-state index is 0.0981. The lowest BCUT2D eigenvalue weighted by molar-refractivity contribution is -0.139. The number of aromatic nitrogens is 2. The molecule has 0 saturated heterocycles. The molecule has 0 unspecified atom stereocenters. The van der Waals surface area contributed by atoms with Crippen molar-refractivity contribution in [3.05, 3.63) is 51.9 Å². The van der Waals surface area contributed by atoms with E-state index >= 15 is 0 Å². The summed E-state index contributed by atoms with van der Waals surface area (Å²) in [6.45, 7) is 4.18. The average Bonchev–Trinajstić information content (AvgIpc) is 2.61. The van der Waals surface area contributed by atoms with E-state index in [1.54, 1.807) is 31.2 Å². The van der Waals surface area contributed by atoms with Crippen molar-refractivity contribution in [3.63, 3.8) is 0 Å². The molecule has 1 aromatic carbocycles. The number of ketones is 1. The number of thioether (sulfide) groups is 1. The Hall–Kier alpha value is -2.61. The number of benzene rings is 1. The molecule has 0 amide bonds. The van der Waals surface area contributed by atoms with Gasteiger partial charge in [0.1, 0.15) is 5.75 Å². The largest absolute Gasteiger partial charge is 0.494 e. The number of hydrogen-bond donors (Lipinski definition) is 1. The van der Waals surface area contributed by atoms with Gasteiger partial charge in [-0.05, 0) is 38.1 Å². The molecular weight excluding hydrogens is 356 g/mol. The Kier molecular flexibility index (Phi) is 6.97. The standard InChI is InChI=1S/C18H20N2O5S/c1-4-25-14-7-5-12(6-8-14)17(23)11(2)26-18-19-13(9-15(21)20-18)10-16(22)24-3/h5-9,11H,4,10H2,1-3H3,(H,19,20,21)/t11-/m0/s1. The Balaban J connectivity index is 2.10. The van der Waals surface area contributed by atoms with Crippen LogP contribution in [-0.4, -0.2) is 40.7 Å². The van der Waals surface area contributed by atoms with Crippen LogP contribution in [0.5, 0.6) is 5.75 Å². The van der Waals surface area contributed by atoms with Crippen LogP contribution >= 0.6 is 11.8 Å². The van der Waals surface area contributed by atoms with E-state index in [0.29, 0.717) is 23.6 Å². The van der Waals surface area contributed by atoms with E-state index in [9.17, 15) is 14.4 Å². The van der Waals surface area contributed by atoms with Crippen LogP contribution in [0.1, 0.15) is 29.9 Å². The molecule has 0 fully saturated rings. The Morgan fingerprint density at radius 2 is 1.96 bits per heavy atom. The van der Waals surface area contributed by atoms with Gasteiger partial charge in [0, 0.05) is 11.6 Å². The zero-order valence-electron chi connectivity index (χ0n) is 14.8. The van der Waals surface area contributed by atoms with E-state index in [4.69, 9.17) is 4.74 Å². The topological polar surface area (TPSA) is 98.3 Å². The number of nitrogens with zero attached hydrogens (tertiary/aromatic N) is 1. The first-order valence-electron chi connectivity index (χ1n) is 8.03. The number of aromatic amines is 1. The molecule has 0 aliphatic heterocycles. The van der Waals surface area contributed by atoms with Crippen LogP contribution in [0.4, 0.5) is 0 Å². The number of ether oxygens (including phenoxy) is 2. The summed E-state index contributed by atoms with van der Waals surface area (Å²) in [5.74, 6) is 0.113. The van der Waals surface area contributed by atoms with Gasteiger partial charge < -0.3 is 14.5 Å². The lowest BCUT2D eigenvalue weighted by Gasteiger charge is -2.11. The molecule has 0 radical (unpaired) electrons. The van der Waals surface area contributed by atoms with Crippen molar-refractivity contribution in [1.82, 2.24) is 9.97 Å². The van der Waals surface area contributed by atoms with Gasteiger partial charge in [-0.3, -0.25) is 14.4 Å². The van der Waals surface area contributed by atoms with Crippen LogP contribution in [0.3, 0.4) is 0 Å². The van der Waals surface area contributed by atoms with Crippen molar-refractivity contribution in [1.29, 1.82) is 0 Å². The maximum absolute atomic E-state index is 12.6. The van der Waals surface area contributed by atoms with E-state index in [2.05, 4.69) is 14.7 Å². The first-order valence-corrected chi connectivity index (χ1v) is 8.91. The number of carbonyl (C=O) groups excluding carboxylic acids is 2. The summed E-state index contributed by atoms with van der Waals surface area (Å²) in [7, 11) is 1.27. The fourth-order valence-corrected chi connectivity index (χ4v) is 3.10. The normalized spacial score (nSPS) is 11.7. The minimum atomic E-state index is -0.488. The number of carbonyl (C=O) groups is 2. The number of Topliss-reactive ketones (excluding diaryl/α,β-unsaturated/α-hetero) is 1. The number of esters is 1. The molecule has 0 aliphatic carbocycles. The molecule has 1 atom stereocenters. The number of rotatable bonds is 8. The molecule has 1 N–H and O–H groups in total. The van der Waals surface area contributed by atoms with Gasteiger partial charge in [-0.2, -0.15) is 0 Å². The summed E-state index contributed by atoms with van der Waals surface area (Å²) in [5, 5.41) is -0.187. The van der Waals surface area contributed by atoms with Gasteiger partial charge in [0.05, 0.1) is 31.1 Å². The quantitative estimate of drug-likeness (QED) is 0.326. The molecule has 8 heteroatoms. The van der Waals surface area contributed by atoms with E-state index < -0.39 is 11.2 Å². The maximum atomic E-state index is 12.6. The van der Waals surface area contributed by atoms with Crippen LogP contribution in [0.25, 0.3) is 0 Å². The second kappa shape index (κ2) is 9.19. The minimum Gasteiger partial charge on any atom is -0.494 e. The third kappa shape index (κ3) is 5.45. The van der Waals surface area contributed by atoms with Crippen LogP contribution in [0.2, 0.25) is 0 Å². The molecule has 2 rings (SSSR count). The first-order chi connectivity index (χ1) is 12.4. The molecule has 0 aliphatic rings. The van der Waals surface area contributed by atoms with Crippen molar-refractivity contribution >= 4 is 23.5 Å².